The van der Waals surface area contributed by atoms with Crippen LogP contribution in [0, 0.1) is 0 Å². The molecule has 3 nitrogen and oxygen atoms in total. The van der Waals surface area contributed by atoms with Crippen LogP contribution in [-0.4, -0.2) is 25.8 Å². The van der Waals surface area contributed by atoms with Crippen LogP contribution in [0.5, 0.6) is 0 Å². The maximum Gasteiger partial charge on any atom is 0.185 e. The van der Waals surface area contributed by atoms with Crippen molar-refractivity contribution >= 4 is 5.90 Å². The third-order valence-electron chi connectivity index (χ3n) is 1.03. The summed E-state index contributed by atoms with van der Waals surface area (Å²) >= 11 is 0. The molecule has 0 aromatic heterocycles. The van der Waals surface area contributed by atoms with E-state index in [0.717, 1.165) is 5.90 Å². The Balaban J connectivity index is 2.41. The average Bonchev–Trinajstić information content (AvgIpc) is 2.14. The first-order valence-electron chi connectivity index (χ1n) is 2.53. The van der Waals surface area contributed by atoms with E-state index in [4.69, 9.17) is 9.47 Å². The third-order valence-corrected chi connectivity index (χ3v) is 1.03. The lowest BCUT2D eigenvalue weighted by Gasteiger charge is -1.97. The lowest BCUT2D eigenvalue weighted by molar-refractivity contribution is 0.0832. The largest absolute Gasteiger partial charge is 0.476 e. The molecule has 0 fully saturated rings. The fourth-order valence-electron chi connectivity index (χ4n) is 0.590. The van der Waals surface area contributed by atoms with Crippen molar-refractivity contribution in [2.75, 3.05) is 13.7 Å². The van der Waals surface area contributed by atoms with E-state index in [1.807, 2.05) is 6.92 Å². The molecular weight excluding hydrogens is 106 g/mol. The van der Waals surface area contributed by atoms with Crippen molar-refractivity contribution in [3.8, 4) is 0 Å². The monoisotopic (exact) mass is 115 g/mol. The van der Waals surface area contributed by atoms with E-state index < -0.39 is 0 Å². The summed E-state index contributed by atoms with van der Waals surface area (Å²) in [6, 6.07) is 0. The van der Waals surface area contributed by atoms with Crippen LogP contribution in [0.15, 0.2) is 4.99 Å². The van der Waals surface area contributed by atoms with E-state index in [0.29, 0.717) is 6.61 Å². The van der Waals surface area contributed by atoms with Crippen molar-refractivity contribution in [1.82, 2.24) is 0 Å². The number of aliphatic imine (C=N–C) groups is 1. The van der Waals surface area contributed by atoms with Gasteiger partial charge in [0.2, 0.25) is 0 Å². The molecule has 0 radical (unpaired) electrons. The smallest absolute Gasteiger partial charge is 0.185 e. The second kappa shape index (κ2) is 2.13. The van der Waals surface area contributed by atoms with Gasteiger partial charge in [-0.15, -0.1) is 0 Å². The molecule has 1 aliphatic heterocycles. The van der Waals surface area contributed by atoms with Crippen molar-refractivity contribution in [3.63, 3.8) is 0 Å². The second-order valence-corrected chi connectivity index (χ2v) is 1.65. The van der Waals surface area contributed by atoms with Crippen molar-refractivity contribution in [2.24, 2.45) is 4.99 Å². The molecule has 0 aromatic rings. The molecule has 0 aliphatic carbocycles. The Morgan fingerprint density at radius 2 is 2.62 bits per heavy atom. The van der Waals surface area contributed by atoms with Crippen LogP contribution in [0.2, 0.25) is 0 Å². The molecule has 0 N–H and O–H groups in total. The zero-order valence-corrected chi connectivity index (χ0v) is 5.05. The van der Waals surface area contributed by atoms with E-state index in [1.54, 1.807) is 7.11 Å². The number of methoxy groups -OCH3 is 1. The molecule has 3 heteroatoms. The van der Waals surface area contributed by atoms with Gasteiger partial charge in [-0.2, -0.15) is 0 Å². The van der Waals surface area contributed by atoms with Crippen LogP contribution in [-0.2, 0) is 9.47 Å². The maximum atomic E-state index is 4.98. The standard InChI is InChI=1S/C5H9NO2/c1-4-6-5(7-2)3-8-4/h5H,3H2,1-2H3. The third kappa shape index (κ3) is 0.980. The van der Waals surface area contributed by atoms with Crippen molar-refractivity contribution in [1.29, 1.82) is 0 Å². The summed E-state index contributed by atoms with van der Waals surface area (Å²) in [4.78, 5) is 3.98. The van der Waals surface area contributed by atoms with Gasteiger partial charge in [0.15, 0.2) is 12.1 Å². The van der Waals surface area contributed by atoms with Crippen LogP contribution in [0.3, 0.4) is 0 Å². The summed E-state index contributed by atoms with van der Waals surface area (Å²) in [6.45, 7) is 2.39. The molecule has 0 saturated heterocycles. The van der Waals surface area contributed by atoms with E-state index in [-0.39, 0.29) is 6.23 Å². The topological polar surface area (TPSA) is 30.8 Å². The molecule has 1 atom stereocenters. The zero-order valence-electron chi connectivity index (χ0n) is 5.05. The first kappa shape index (κ1) is 5.56. The SMILES string of the molecule is COC1COC(C)=N1. The zero-order chi connectivity index (χ0) is 5.98. The summed E-state index contributed by atoms with van der Waals surface area (Å²) in [5, 5.41) is 0. The van der Waals surface area contributed by atoms with E-state index >= 15 is 0 Å². The summed E-state index contributed by atoms with van der Waals surface area (Å²) in [5.74, 6) is 0.719. The number of rotatable bonds is 1. The van der Waals surface area contributed by atoms with Gasteiger partial charge < -0.3 is 9.47 Å². The van der Waals surface area contributed by atoms with Gasteiger partial charge in [0, 0.05) is 14.0 Å². The molecular formula is C5H9NO2. The highest BCUT2D eigenvalue weighted by molar-refractivity contribution is 5.74. The molecule has 8 heavy (non-hydrogen) atoms. The van der Waals surface area contributed by atoms with Gasteiger partial charge in [0.25, 0.3) is 0 Å². The molecule has 1 unspecified atom stereocenters. The molecule has 1 heterocycles. The lowest BCUT2D eigenvalue weighted by atomic mass is 10.6. The molecule has 1 rings (SSSR count). The van der Waals surface area contributed by atoms with Crippen molar-refractivity contribution in [2.45, 2.75) is 13.2 Å². The normalized spacial score (nSPS) is 27.2. The van der Waals surface area contributed by atoms with Crippen LogP contribution in [0.4, 0.5) is 0 Å². The average molecular weight is 115 g/mol. The summed E-state index contributed by atoms with van der Waals surface area (Å²) in [7, 11) is 1.62. The molecule has 0 bridgehead atoms. The molecule has 0 amide bonds. The molecule has 46 valence electrons. The van der Waals surface area contributed by atoms with Crippen LogP contribution >= 0.6 is 0 Å². The van der Waals surface area contributed by atoms with Crippen LogP contribution in [0.25, 0.3) is 0 Å². The minimum absolute atomic E-state index is 0.0602. The Labute approximate surface area is 48.3 Å². The van der Waals surface area contributed by atoms with E-state index in [2.05, 4.69) is 4.99 Å². The number of hydrogen-bond acceptors (Lipinski definition) is 3. The van der Waals surface area contributed by atoms with Crippen molar-refractivity contribution < 1.29 is 9.47 Å². The highest BCUT2D eigenvalue weighted by Crippen LogP contribution is 2.02. The minimum atomic E-state index is -0.0602. The highest BCUT2D eigenvalue weighted by atomic mass is 16.6. The van der Waals surface area contributed by atoms with Gasteiger partial charge in [-0.3, -0.25) is 0 Å². The second-order valence-electron chi connectivity index (χ2n) is 1.65. The Morgan fingerprint density at radius 3 is 2.88 bits per heavy atom. The molecule has 0 saturated carbocycles. The molecule has 0 aromatic carbocycles. The van der Waals surface area contributed by atoms with Gasteiger partial charge in [0.05, 0.1) is 0 Å². The fourth-order valence-corrected chi connectivity index (χ4v) is 0.590. The molecule has 0 spiro atoms. The Bertz CT molecular complexity index is 111. The van der Waals surface area contributed by atoms with Crippen LogP contribution in [0.1, 0.15) is 6.92 Å². The van der Waals surface area contributed by atoms with E-state index in [1.165, 1.54) is 0 Å². The summed E-state index contributed by atoms with van der Waals surface area (Å²) < 4.78 is 9.85. The first-order valence-corrected chi connectivity index (χ1v) is 2.53. The minimum Gasteiger partial charge on any atom is -0.476 e. The number of hydrogen-bond donors (Lipinski definition) is 0. The van der Waals surface area contributed by atoms with Gasteiger partial charge >= 0.3 is 0 Å². The van der Waals surface area contributed by atoms with Crippen LogP contribution < -0.4 is 0 Å². The van der Waals surface area contributed by atoms with Crippen molar-refractivity contribution in [3.05, 3.63) is 0 Å². The Morgan fingerprint density at radius 1 is 1.88 bits per heavy atom. The molecule has 1 aliphatic rings. The highest BCUT2D eigenvalue weighted by Gasteiger charge is 2.12. The predicted octanol–water partition coefficient (Wildman–Crippen LogP) is 0.407. The first-order chi connectivity index (χ1) is 3.83. The summed E-state index contributed by atoms with van der Waals surface area (Å²) in [5.41, 5.74) is 0. The fraction of sp³-hybridized carbons (Fsp3) is 0.800. The number of ether oxygens (including phenoxy) is 2. The Kier molecular flexibility index (Phi) is 1.48. The summed E-state index contributed by atoms with van der Waals surface area (Å²) in [6.07, 6.45) is -0.0602. The predicted molar refractivity (Wildman–Crippen MR) is 29.9 cm³/mol. The van der Waals surface area contributed by atoms with Gasteiger partial charge in [-0.25, -0.2) is 4.99 Å². The lowest BCUT2D eigenvalue weighted by Crippen LogP contribution is -2.07. The Hall–Kier alpha value is -0.570. The van der Waals surface area contributed by atoms with Gasteiger partial charge in [-0.1, -0.05) is 0 Å². The quantitative estimate of drug-likeness (QED) is 0.495. The van der Waals surface area contributed by atoms with Gasteiger partial charge in [0.1, 0.15) is 6.61 Å². The van der Waals surface area contributed by atoms with Gasteiger partial charge in [-0.05, 0) is 0 Å². The maximum absolute atomic E-state index is 4.98. The number of nitrogens with zero attached hydrogens (tertiary/aromatic N) is 1. The van der Waals surface area contributed by atoms with E-state index in [9.17, 15) is 0 Å².